The van der Waals surface area contributed by atoms with Gasteiger partial charge in [-0.1, -0.05) is 0 Å². The van der Waals surface area contributed by atoms with Crippen molar-refractivity contribution in [2.45, 2.75) is 31.3 Å². The number of rotatable bonds is 5. The lowest BCUT2D eigenvalue weighted by atomic mass is 10.1. The van der Waals surface area contributed by atoms with Crippen molar-refractivity contribution in [3.63, 3.8) is 0 Å². The average Bonchev–Trinajstić information content (AvgIpc) is 3.09. The van der Waals surface area contributed by atoms with E-state index < -0.39 is 0 Å². The van der Waals surface area contributed by atoms with Crippen molar-refractivity contribution in [2.24, 2.45) is 0 Å². The number of ether oxygens (including phenoxy) is 2. The molecule has 2 saturated heterocycles. The number of carbonyl (C=O) groups excluding carboxylic acids is 1. The minimum Gasteiger partial charge on any atom is -0.497 e. The molecule has 1 atom stereocenters. The van der Waals surface area contributed by atoms with E-state index in [1.165, 1.54) is 0 Å². The second kappa shape index (κ2) is 7.92. The van der Waals surface area contributed by atoms with Crippen LogP contribution in [0.25, 0.3) is 11.3 Å². The molecule has 2 aliphatic heterocycles. The van der Waals surface area contributed by atoms with Crippen LogP contribution < -0.4 is 10.1 Å². The molecule has 142 valence electrons. The van der Waals surface area contributed by atoms with E-state index >= 15 is 0 Å². The maximum atomic E-state index is 12.8. The van der Waals surface area contributed by atoms with E-state index in [1.54, 1.807) is 13.3 Å². The number of amides is 1. The fraction of sp³-hybridized carbons (Fsp3) is 0.450. The van der Waals surface area contributed by atoms with Gasteiger partial charge < -0.3 is 19.7 Å². The highest BCUT2D eigenvalue weighted by molar-refractivity contribution is 5.86. The Morgan fingerprint density at radius 1 is 1.15 bits per heavy atom. The number of hydrogen-bond acceptors (Lipinski definition) is 6. The molecular weight excluding hydrogens is 344 g/mol. The number of carbonyl (C=O) groups is 1. The van der Waals surface area contributed by atoms with Gasteiger partial charge in [-0.15, -0.1) is 0 Å². The van der Waals surface area contributed by atoms with E-state index in [4.69, 9.17) is 9.47 Å². The molecule has 1 aromatic heterocycles. The van der Waals surface area contributed by atoms with Crippen molar-refractivity contribution in [1.29, 1.82) is 0 Å². The molecule has 0 saturated carbocycles. The molecule has 0 aliphatic carbocycles. The predicted octanol–water partition coefficient (Wildman–Crippen LogP) is 2.34. The molecule has 1 aromatic carbocycles. The Bertz CT molecular complexity index is 790. The summed E-state index contributed by atoms with van der Waals surface area (Å²) in [6.07, 6.45) is 4.32. The van der Waals surface area contributed by atoms with Crippen LogP contribution in [0.15, 0.2) is 36.5 Å². The minimum absolute atomic E-state index is 0.139. The maximum Gasteiger partial charge on any atom is 0.245 e. The highest BCUT2D eigenvalue weighted by atomic mass is 16.5. The molecule has 2 aliphatic rings. The van der Waals surface area contributed by atoms with Crippen LogP contribution in [0.3, 0.4) is 0 Å². The van der Waals surface area contributed by atoms with Crippen molar-refractivity contribution in [2.75, 3.05) is 32.2 Å². The second-order valence-electron chi connectivity index (χ2n) is 6.85. The Hall–Kier alpha value is -2.67. The van der Waals surface area contributed by atoms with Gasteiger partial charge in [-0.05, 0) is 49.6 Å². The average molecular weight is 368 g/mol. The Kier molecular flexibility index (Phi) is 5.20. The van der Waals surface area contributed by atoms with Gasteiger partial charge in [-0.25, -0.2) is 9.97 Å². The number of nitrogens with one attached hydrogen (secondary N) is 1. The Labute approximate surface area is 158 Å². The fourth-order valence-corrected chi connectivity index (χ4v) is 3.70. The van der Waals surface area contributed by atoms with E-state index in [1.807, 2.05) is 35.2 Å². The van der Waals surface area contributed by atoms with E-state index in [-0.39, 0.29) is 11.9 Å². The zero-order chi connectivity index (χ0) is 18.6. The molecule has 0 spiro atoms. The van der Waals surface area contributed by atoms with Gasteiger partial charge in [0.1, 0.15) is 11.8 Å². The number of methoxy groups -OCH3 is 1. The Morgan fingerprint density at radius 3 is 2.67 bits per heavy atom. The first-order valence-corrected chi connectivity index (χ1v) is 9.37. The number of benzene rings is 1. The topological polar surface area (TPSA) is 76.6 Å². The van der Waals surface area contributed by atoms with Gasteiger partial charge >= 0.3 is 0 Å². The molecule has 1 N–H and O–H groups in total. The second-order valence-corrected chi connectivity index (χ2v) is 6.85. The van der Waals surface area contributed by atoms with Crippen LogP contribution in [-0.2, 0) is 9.53 Å². The summed E-state index contributed by atoms with van der Waals surface area (Å²) >= 11 is 0. The largest absolute Gasteiger partial charge is 0.497 e. The van der Waals surface area contributed by atoms with E-state index in [0.29, 0.717) is 12.0 Å². The minimum atomic E-state index is -0.265. The first-order chi connectivity index (χ1) is 13.2. The summed E-state index contributed by atoms with van der Waals surface area (Å²) < 4.78 is 10.6. The van der Waals surface area contributed by atoms with Crippen LogP contribution in [-0.4, -0.2) is 59.7 Å². The summed E-state index contributed by atoms with van der Waals surface area (Å²) in [4.78, 5) is 23.7. The lowest BCUT2D eigenvalue weighted by Crippen LogP contribution is -2.43. The molecule has 7 heteroatoms. The summed E-state index contributed by atoms with van der Waals surface area (Å²) in [5.41, 5.74) is 1.78. The first kappa shape index (κ1) is 17.7. The summed E-state index contributed by atoms with van der Waals surface area (Å²) in [6, 6.07) is 9.60. The normalized spacial score (nSPS) is 20.7. The standard InChI is InChI=1S/C20H24N4O3/c1-26-16-4-2-14(3-5-16)17-6-10-21-20(22-17)23-18-7-11-24(19(18)25)15-8-12-27-13-9-15/h2-6,10,15,18H,7-9,11-13H2,1H3,(H,21,22,23). The third-order valence-corrected chi connectivity index (χ3v) is 5.22. The van der Waals surface area contributed by atoms with Gasteiger partial charge in [0.25, 0.3) is 0 Å². The summed E-state index contributed by atoms with van der Waals surface area (Å²) in [7, 11) is 1.64. The lowest BCUT2D eigenvalue weighted by Gasteiger charge is -2.31. The van der Waals surface area contributed by atoms with E-state index in [9.17, 15) is 4.79 Å². The molecule has 4 rings (SSSR count). The summed E-state index contributed by atoms with van der Waals surface area (Å²) in [5.74, 6) is 1.42. The highest BCUT2D eigenvalue weighted by Crippen LogP contribution is 2.24. The fourth-order valence-electron chi connectivity index (χ4n) is 3.70. The number of aromatic nitrogens is 2. The van der Waals surface area contributed by atoms with Crippen LogP contribution in [0.2, 0.25) is 0 Å². The number of nitrogens with zero attached hydrogens (tertiary/aromatic N) is 3. The predicted molar refractivity (Wildman–Crippen MR) is 102 cm³/mol. The molecule has 0 radical (unpaired) electrons. The van der Waals surface area contributed by atoms with Gasteiger partial charge in [0, 0.05) is 37.6 Å². The third-order valence-electron chi connectivity index (χ3n) is 5.22. The maximum absolute atomic E-state index is 12.8. The zero-order valence-electron chi connectivity index (χ0n) is 15.4. The van der Waals surface area contributed by atoms with Crippen molar-refractivity contribution in [3.05, 3.63) is 36.5 Å². The summed E-state index contributed by atoms with van der Waals surface area (Å²) in [6.45, 7) is 2.25. The monoisotopic (exact) mass is 368 g/mol. The van der Waals surface area contributed by atoms with Gasteiger partial charge in [-0.2, -0.15) is 0 Å². The first-order valence-electron chi connectivity index (χ1n) is 9.37. The molecule has 2 aromatic rings. The molecule has 1 unspecified atom stereocenters. The molecular formula is C20H24N4O3. The van der Waals surface area contributed by atoms with Crippen LogP contribution in [0.5, 0.6) is 5.75 Å². The zero-order valence-corrected chi connectivity index (χ0v) is 15.4. The molecule has 3 heterocycles. The summed E-state index contributed by atoms with van der Waals surface area (Å²) in [5, 5.41) is 3.22. The van der Waals surface area contributed by atoms with E-state index in [0.717, 1.165) is 56.0 Å². The van der Waals surface area contributed by atoms with Gasteiger partial charge in [0.15, 0.2) is 0 Å². The molecule has 7 nitrogen and oxygen atoms in total. The van der Waals surface area contributed by atoms with E-state index in [2.05, 4.69) is 15.3 Å². The van der Waals surface area contributed by atoms with Crippen LogP contribution in [0.4, 0.5) is 5.95 Å². The highest BCUT2D eigenvalue weighted by Gasteiger charge is 2.36. The van der Waals surface area contributed by atoms with Crippen LogP contribution in [0.1, 0.15) is 19.3 Å². The lowest BCUT2D eigenvalue weighted by molar-refractivity contribution is -0.131. The van der Waals surface area contributed by atoms with Gasteiger partial charge in [0.05, 0.1) is 12.8 Å². The quantitative estimate of drug-likeness (QED) is 0.873. The van der Waals surface area contributed by atoms with Crippen LogP contribution in [0, 0.1) is 0 Å². The Balaban J connectivity index is 1.44. The van der Waals surface area contributed by atoms with Crippen molar-refractivity contribution >= 4 is 11.9 Å². The van der Waals surface area contributed by atoms with Crippen molar-refractivity contribution in [3.8, 4) is 17.0 Å². The number of anilines is 1. The Morgan fingerprint density at radius 2 is 1.93 bits per heavy atom. The van der Waals surface area contributed by atoms with Gasteiger partial charge in [0.2, 0.25) is 11.9 Å². The smallest absolute Gasteiger partial charge is 0.245 e. The van der Waals surface area contributed by atoms with Crippen molar-refractivity contribution in [1.82, 2.24) is 14.9 Å². The number of likely N-dealkylation sites (tertiary alicyclic amines) is 1. The molecule has 27 heavy (non-hydrogen) atoms. The molecule has 2 fully saturated rings. The van der Waals surface area contributed by atoms with Crippen molar-refractivity contribution < 1.29 is 14.3 Å². The number of hydrogen-bond donors (Lipinski definition) is 1. The SMILES string of the molecule is COc1ccc(-c2ccnc(NC3CCN(C4CCOCC4)C3=O)n2)cc1. The molecule has 1 amide bonds. The van der Waals surface area contributed by atoms with Crippen LogP contribution >= 0.6 is 0 Å². The third kappa shape index (κ3) is 3.88. The van der Waals surface area contributed by atoms with Gasteiger partial charge in [-0.3, -0.25) is 4.79 Å². The molecule has 0 bridgehead atoms.